The first-order chi connectivity index (χ1) is 8.16. The Morgan fingerprint density at radius 2 is 2.35 bits per heavy atom. The van der Waals surface area contributed by atoms with E-state index in [1.165, 1.54) is 0 Å². The van der Waals surface area contributed by atoms with Gasteiger partial charge in [0.05, 0.1) is 0 Å². The molecule has 2 unspecified atom stereocenters. The summed E-state index contributed by atoms with van der Waals surface area (Å²) in [6.45, 7) is 9.22. The van der Waals surface area contributed by atoms with E-state index >= 15 is 0 Å². The fraction of sp³-hybridized carbons (Fsp3) is 0.786. The maximum Gasteiger partial charge on any atom is 0.251 e. The van der Waals surface area contributed by atoms with Gasteiger partial charge < -0.3 is 9.64 Å². The number of hydrogen-bond donors (Lipinski definition) is 0. The van der Waals surface area contributed by atoms with Crippen LogP contribution >= 0.6 is 0 Å². The second-order valence-electron chi connectivity index (χ2n) is 4.82. The second kappa shape index (κ2) is 7.49. The predicted octanol–water partition coefficient (Wildman–Crippen LogP) is 2.76. The van der Waals surface area contributed by atoms with Crippen molar-refractivity contribution in [2.45, 2.75) is 58.1 Å². The molecule has 1 amide bonds. The summed E-state index contributed by atoms with van der Waals surface area (Å²) in [7, 11) is 0. The Balaban J connectivity index is 2.20. The molecule has 3 nitrogen and oxygen atoms in total. The van der Waals surface area contributed by atoms with Gasteiger partial charge in [0.1, 0.15) is 6.10 Å². The number of amides is 1. The van der Waals surface area contributed by atoms with Crippen LogP contribution in [0, 0.1) is 0 Å². The molecule has 1 fully saturated rings. The predicted molar refractivity (Wildman–Crippen MR) is 69.9 cm³/mol. The Hall–Kier alpha value is -0.830. The largest absolute Gasteiger partial charge is 0.369 e. The zero-order valence-electron chi connectivity index (χ0n) is 11.2. The Kier molecular flexibility index (Phi) is 6.27. The standard InChI is InChI=1S/C14H25NO2/c1-4-5-6-7-11-17-13(3)14(16)15-10-8-9-12(15)2/h4,12-13H,1,5-11H2,2-3H3. The van der Waals surface area contributed by atoms with Gasteiger partial charge in [-0.25, -0.2) is 0 Å². The van der Waals surface area contributed by atoms with Crippen LogP contribution in [-0.2, 0) is 9.53 Å². The lowest BCUT2D eigenvalue weighted by Crippen LogP contribution is -2.41. The quantitative estimate of drug-likeness (QED) is 0.505. The highest BCUT2D eigenvalue weighted by Gasteiger charge is 2.28. The zero-order chi connectivity index (χ0) is 12.7. The average Bonchev–Trinajstić information content (AvgIpc) is 2.74. The van der Waals surface area contributed by atoms with Crippen molar-refractivity contribution in [1.29, 1.82) is 0 Å². The molecule has 1 heterocycles. The van der Waals surface area contributed by atoms with Crippen molar-refractivity contribution < 1.29 is 9.53 Å². The summed E-state index contributed by atoms with van der Waals surface area (Å²) in [4.78, 5) is 14.0. The molecular formula is C14H25NO2. The Labute approximate surface area is 105 Å². The Morgan fingerprint density at radius 1 is 1.59 bits per heavy atom. The topological polar surface area (TPSA) is 29.5 Å². The van der Waals surface area contributed by atoms with Gasteiger partial charge in [0.2, 0.25) is 0 Å². The number of allylic oxidation sites excluding steroid dienone is 1. The van der Waals surface area contributed by atoms with Gasteiger partial charge in [0.15, 0.2) is 0 Å². The highest BCUT2D eigenvalue weighted by Crippen LogP contribution is 2.18. The molecule has 17 heavy (non-hydrogen) atoms. The number of hydrogen-bond acceptors (Lipinski definition) is 2. The lowest BCUT2D eigenvalue weighted by Gasteiger charge is -2.25. The lowest BCUT2D eigenvalue weighted by atomic mass is 10.2. The first kappa shape index (κ1) is 14.2. The normalized spacial score (nSPS) is 21.5. The van der Waals surface area contributed by atoms with E-state index in [0.717, 1.165) is 38.6 Å². The molecule has 1 saturated heterocycles. The summed E-state index contributed by atoms with van der Waals surface area (Å²) < 4.78 is 5.59. The maximum atomic E-state index is 12.1. The molecule has 1 aliphatic heterocycles. The smallest absolute Gasteiger partial charge is 0.251 e. The van der Waals surface area contributed by atoms with Crippen molar-refractivity contribution in [1.82, 2.24) is 4.90 Å². The molecule has 2 atom stereocenters. The number of ether oxygens (including phenoxy) is 1. The van der Waals surface area contributed by atoms with Crippen LogP contribution in [0.15, 0.2) is 12.7 Å². The van der Waals surface area contributed by atoms with Gasteiger partial charge in [0, 0.05) is 19.2 Å². The number of rotatable bonds is 7. The van der Waals surface area contributed by atoms with E-state index in [1.807, 2.05) is 17.9 Å². The van der Waals surface area contributed by atoms with Crippen molar-refractivity contribution in [3.05, 3.63) is 12.7 Å². The third-order valence-electron chi connectivity index (χ3n) is 3.35. The number of carbonyl (C=O) groups excluding carboxylic acids is 1. The van der Waals surface area contributed by atoms with E-state index in [2.05, 4.69) is 13.5 Å². The molecule has 0 radical (unpaired) electrons. The van der Waals surface area contributed by atoms with Crippen molar-refractivity contribution in [3.8, 4) is 0 Å². The fourth-order valence-electron chi connectivity index (χ4n) is 2.22. The van der Waals surface area contributed by atoms with Gasteiger partial charge in [-0.1, -0.05) is 6.08 Å². The van der Waals surface area contributed by atoms with Crippen LogP contribution in [0.1, 0.15) is 46.0 Å². The van der Waals surface area contributed by atoms with Crippen LogP contribution in [0.2, 0.25) is 0 Å². The van der Waals surface area contributed by atoms with Gasteiger partial charge in [-0.3, -0.25) is 4.79 Å². The first-order valence-corrected chi connectivity index (χ1v) is 6.69. The zero-order valence-corrected chi connectivity index (χ0v) is 11.2. The van der Waals surface area contributed by atoms with Gasteiger partial charge in [0.25, 0.3) is 5.91 Å². The van der Waals surface area contributed by atoms with Crippen molar-refractivity contribution in [2.75, 3.05) is 13.2 Å². The Bertz CT molecular complexity index is 253. The third-order valence-corrected chi connectivity index (χ3v) is 3.35. The molecule has 1 rings (SSSR count). The van der Waals surface area contributed by atoms with Crippen molar-refractivity contribution >= 4 is 5.91 Å². The van der Waals surface area contributed by atoms with Crippen LogP contribution < -0.4 is 0 Å². The monoisotopic (exact) mass is 239 g/mol. The fourth-order valence-corrected chi connectivity index (χ4v) is 2.22. The highest BCUT2D eigenvalue weighted by atomic mass is 16.5. The molecule has 0 aliphatic carbocycles. The first-order valence-electron chi connectivity index (χ1n) is 6.69. The minimum Gasteiger partial charge on any atom is -0.369 e. The minimum atomic E-state index is -0.292. The number of unbranched alkanes of at least 4 members (excludes halogenated alkanes) is 2. The third kappa shape index (κ3) is 4.50. The Morgan fingerprint density at radius 3 is 2.94 bits per heavy atom. The average molecular weight is 239 g/mol. The van der Waals surface area contributed by atoms with Crippen LogP contribution in [0.25, 0.3) is 0 Å². The van der Waals surface area contributed by atoms with Crippen LogP contribution in [0.4, 0.5) is 0 Å². The summed E-state index contributed by atoms with van der Waals surface area (Å²) in [6.07, 6.45) is 6.98. The SMILES string of the molecule is C=CCCCCOC(C)C(=O)N1CCCC1C. The summed E-state index contributed by atoms with van der Waals surface area (Å²) in [5, 5.41) is 0. The molecule has 0 aromatic carbocycles. The van der Waals surface area contributed by atoms with Crippen LogP contribution in [0.5, 0.6) is 0 Å². The number of nitrogens with zero attached hydrogens (tertiary/aromatic N) is 1. The van der Waals surface area contributed by atoms with E-state index in [-0.39, 0.29) is 12.0 Å². The minimum absolute atomic E-state index is 0.152. The lowest BCUT2D eigenvalue weighted by molar-refractivity contribution is -0.143. The summed E-state index contributed by atoms with van der Waals surface area (Å²) in [5.41, 5.74) is 0. The van der Waals surface area contributed by atoms with E-state index in [4.69, 9.17) is 4.74 Å². The molecule has 98 valence electrons. The van der Waals surface area contributed by atoms with Gasteiger partial charge in [-0.2, -0.15) is 0 Å². The molecule has 0 saturated carbocycles. The van der Waals surface area contributed by atoms with Gasteiger partial charge in [-0.05, 0) is 46.0 Å². The highest BCUT2D eigenvalue weighted by molar-refractivity contribution is 5.81. The molecule has 1 aliphatic rings. The molecule has 0 N–H and O–H groups in total. The van der Waals surface area contributed by atoms with Crippen LogP contribution in [-0.4, -0.2) is 36.1 Å². The molecule has 0 aromatic rings. The van der Waals surface area contributed by atoms with E-state index in [1.54, 1.807) is 0 Å². The van der Waals surface area contributed by atoms with Gasteiger partial charge >= 0.3 is 0 Å². The van der Waals surface area contributed by atoms with E-state index < -0.39 is 0 Å². The summed E-state index contributed by atoms with van der Waals surface area (Å²) in [5.74, 6) is 0.152. The summed E-state index contributed by atoms with van der Waals surface area (Å²) >= 11 is 0. The van der Waals surface area contributed by atoms with Gasteiger partial charge in [-0.15, -0.1) is 6.58 Å². The van der Waals surface area contributed by atoms with Crippen LogP contribution in [0.3, 0.4) is 0 Å². The molecular weight excluding hydrogens is 214 g/mol. The molecule has 0 spiro atoms. The molecule has 3 heteroatoms. The van der Waals surface area contributed by atoms with Crippen molar-refractivity contribution in [3.63, 3.8) is 0 Å². The van der Waals surface area contributed by atoms with Crippen molar-refractivity contribution in [2.24, 2.45) is 0 Å². The summed E-state index contributed by atoms with van der Waals surface area (Å²) in [6, 6.07) is 0.384. The number of likely N-dealkylation sites (tertiary alicyclic amines) is 1. The molecule has 0 bridgehead atoms. The second-order valence-corrected chi connectivity index (χ2v) is 4.82. The molecule has 0 aromatic heterocycles. The van der Waals surface area contributed by atoms with E-state index in [9.17, 15) is 4.79 Å². The maximum absolute atomic E-state index is 12.1. The number of carbonyl (C=O) groups is 1. The van der Waals surface area contributed by atoms with E-state index in [0.29, 0.717) is 12.6 Å².